The van der Waals surface area contributed by atoms with E-state index in [1.807, 2.05) is 36.4 Å². The Morgan fingerprint density at radius 1 is 1.00 bits per heavy atom. The first kappa shape index (κ1) is 9.59. The van der Waals surface area contributed by atoms with Crippen molar-refractivity contribution in [3.63, 3.8) is 0 Å². The van der Waals surface area contributed by atoms with Crippen molar-refractivity contribution in [3.05, 3.63) is 60.4 Å². The maximum Gasteiger partial charge on any atom is 0.268 e. The molecule has 0 amide bonds. The fraction of sp³-hybridized carbons (Fsp3) is 0.0667. The third-order valence-corrected chi connectivity index (χ3v) is 3.00. The van der Waals surface area contributed by atoms with E-state index < -0.39 is 6.29 Å². The van der Waals surface area contributed by atoms with E-state index in [2.05, 4.69) is 6.07 Å². The Kier molecular flexibility index (Phi) is 1.88. The summed E-state index contributed by atoms with van der Waals surface area (Å²) in [5.74, 6) is 1.49. The van der Waals surface area contributed by atoms with Gasteiger partial charge in [-0.05, 0) is 42.5 Å². The van der Waals surface area contributed by atoms with Crippen molar-refractivity contribution in [2.75, 3.05) is 0 Å². The Labute approximate surface area is 104 Å². The van der Waals surface area contributed by atoms with Crippen LogP contribution in [0.2, 0.25) is 0 Å². The minimum Gasteiger partial charge on any atom is -0.464 e. The summed E-state index contributed by atoms with van der Waals surface area (Å²) in [4.78, 5) is 0. The number of hydrogen-bond acceptors (Lipinski definition) is 3. The minimum atomic E-state index is -0.393. The summed E-state index contributed by atoms with van der Waals surface area (Å²) in [5.41, 5.74) is 1.84. The number of hydrogen-bond donors (Lipinski definition) is 0. The van der Waals surface area contributed by atoms with Crippen molar-refractivity contribution in [2.45, 2.75) is 6.29 Å². The molecule has 1 aromatic heterocycles. The van der Waals surface area contributed by atoms with Crippen LogP contribution >= 0.6 is 0 Å². The third kappa shape index (κ3) is 1.37. The minimum absolute atomic E-state index is 0.393. The van der Waals surface area contributed by atoms with Gasteiger partial charge in [-0.2, -0.15) is 0 Å². The van der Waals surface area contributed by atoms with Crippen molar-refractivity contribution in [3.8, 4) is 11.5 Å². The van der Waals surface area contributed by atoms with Crippen molar-refractivity contribution >= 4 is 11.0 Å². The summed E-state index contributed by atoms with van der Waals surface area (Å²) in [6.45, 7) is 0. The lowest BCUT2D eigenvalue weighted by molar-refractivity contribution is 0.0488. The first-order valence-corrected chi connectivity index (χ1v) is 5.71. The summed E-state index contributed by atoms with van der Waals surface area (Å²) in [6, 6.07) is 16.2. The number of furan rings is 1. The maximum atomic E-state index is 5.75. The van der Waals surface area contributed by atoms with Gasteiger partial charge in [-0.25, -0.2) is 0 Å². The lowest BCUT2D eigenvalue weighted by Gasteiger charge is -2.10. The van der Waals surface area contributed by atoms with E-state index >= 15 is 0 Å². The summed E-state index contributed by atoms with van der Waals surface area (Å²) < 4.78 is 16.8. The Balaban J connectivity index is 1.73. The molecule has 1 aliphatic heterocycles. The van der Waals surface area contributed by atoms with Gasteiger partial charge in [-0.3, -0.25) is 0 Å². The molecule has 0 spiro atoms. The largest absolute Gasteiger partial charge is 0.464 e. The fourth-order valence-corrected chi connectivity index (χ4v) is 2.11. The molecule has 18 heavy (non-hydrogen) atoms. The van der Waals surface area contributed by atoms with Crippen LogP contribution in [0.4, 0.5) is 0 Å². The smallest absolute Gasteiger partial charge is 0.268 e. The molecule has 3 aromatic rings. The lowest BCUT2D eigenvalue weighted by atomic mass is 10.1. The van der Waals surface area contributed by atoms with Crippen LogP contribution in [0.1, 0.15) is 11.9 Å². The van der Waals surface area contributed by atoms with Crippen LogP contribution in [0, 0.1) is 6.07 Å². The highest BCUT2D eigenvalue weighted by molar-refractivity contribution is 5.77. The molecule has 3 heteroatoms. The Morgan fingerprint density at radius 2 is 1.94 bits per heavy atom. The SMILES string of the molecule is [c]1ccc2c(c1)OC(c1ccc3occc3c1)O2. The highest BCUT2D eigenvalue weighted by Gasteiger charge is 2.25. The summed E-state index contributed by atoms with van der Waals surface area (Å²) in [7, 11) is 0. The second kappa shape index (κ2) is 3.53. The predicted molar refractivity (Wildman–Crippen MR) is 65.5 cm³/mol. The molecular weight excluding hydrogens is 228 g/mol. The molecule has 1 radical (unpaired) electrons. The average Bonchev–Trinajstić information content (AvgIpc) is 3.04. The van der Waals surface area contributed by atoms with Gasteiger partial charge in [0.1, 0.15) is 5.58 Å². The van der Waals surface area contributed by atoms with Crippen LogP contribution in [0.25, 0.3) is 11.0 Å². The molecule has 0 fully saturated rings. The lowest BCUT2D eigenvalue weighted by Crippen LogP contribution is -2.07. The normalized spacial score (nSPS) is 14.2. The molecule has 0 bridgehead atoms. The molecular formula is C15H9O3. The van der Waals surface area contributed by atoms with Crippen LogP contribution in [-0.2, 0) is 0 Å². The quantitative estimate of drug-likeness (QED) is 0.646. The molecule has 87 valence electrons. The molecule has 4 rings (SSSR count). The Hall–Kier alpha value is -2.42. The highest BCUT2D eigenvalue weighted by Crippen LogP contribution is 2.40. The standard InChI is InChI=1S/C15H9O3/c1-2-4-14-13(3-1)17-15(18-14)11-5-6-12-10(9-11)7-8-16-12/h1,3-9,15H. The third-order valence-electron chi connectivity index (χ3n) is 3.00. The van der Waals surface area contributed by atoms with Crippen molar-refractivity contribution in [1.82, 2.24) is 0 Å². The van der Waals surface area contributed by atoms with E-state index in [0.29, 0.717) is 0 Å². The first-order chi connectivity index (χ1) is 8.90. The van der Waals surface area contributed by atoms with E-state index in [-0.39, 0.29) is 0 Å². The monoisotopic (exact) mass is 237 g/mol. The number of fused-ring (bicyclic) bond motifs is 2. The molecule has 0 saturated heterocycles. The molecule has 0 aliphatic carbocycles. The van der Waals surface area contributed by atoms with Gasteiger partial charge < -0.3 is 13.9 Å². The molecule has 1 atom stereocenters. The van der Waals surface area contributed by atoms with Gasteiger partial charge in [0.05, 0.1) is 6.26 Å². The Morgan fingerprint density at radius 3 is 2.89 bits per heavy atom. The average molecular weight is 237 g/mol. The van der Waals surface area contributed by atoms with Gasteiger partial charge in [-0.15, -0.1) is 0 Å². The molecule has 1 unspecified atom stereocenters. The van der Waals surface area contributed by atoms with Crippen LogP contribution in [-0.4, -0.2) is 0 Å². The van der Waals surface area contributed by atoms with E-state index in [1.54, 1.807) is 12.3 Å². The molecule has 1 aliphatic rings. The molecule has 0 saturated carbocycles. The van der Waals surface area contributed by atoms with Gasteiger partial charge >= 0.3 is 0 Å². The van der Waals surface area contributed by atoms with Crippen molar-refractivity contribution in [2.24, 2.45) is 0 Å². The van der Waals surface area contributed by atoms with Gasteiger partial charge in [0.25, 0.3) is 6.29 Å². The summed E-state index contributed by atoms with van der Waals surface area (Å²) in [6.07, 6.45) is 1.28. The Bertz CT molecular complexity index is 689. The number of ether oxygens (including phenoxy) is 2. The van der Waals surface area contributed by atoms with Gasteiger partial charge in [0.15, 0.2) is 11.5 Å². The zero-order chi connectivity index (χ0) is 11.9. The van der Waals surface area contributed by atoms with E-state index in [1.165, 1.54) is 0 Å². The number of benzene rings is 2. The van der Waals surface area contributed by atoms with Crippen molar-refractivity contribution < 1.29 is 13.9 Å². The highest BCUT2D eigenvalue weighted by atomic mass is 16.7. The topological polar surface area (TPSA) is 31.6 Å². The maximum absolute atomic E-state index is 5.75. The number of rotatable bonds is 1. The second-order valence-corrected chi connectivity index (χ2v) is 4.16. The van der Waals surface area contributed by atoms with Gasteiger partial charge in [0, 0.05) is 10.9 Å². The van der Waals surface area contributed by atoms with Crippen molar-refractivity contribution in [1.29, 1.82) is 0 Å². The van der Waals surface area contributed by atoms with Crippen LogP contribution in [0.15, 0.2) is 53.1 Å². The van der Waals surface area contributed by atoms with E-state index in [0.717, 1.165) is 28.0 Å². The van der Waals surface area contributed by atoms with E-state index in [9.17, 15) is 0 Å². The predicted octanol–water partition coefficient (Wildman–Crippen LogP) is 3.70. The van der Waals surface area contributed by atoms with Gasteiger partial charge in [0.2, 0.25) is 0 Å². The fourth-order valence-electron chi connectivity index (χ4n) is 2.11. The van der Waals surface area contributed by atoms with Crippen LogP contribution in [0.3, 0.4) is 0 Å². The molecule has 2 aromatic carbocycles. The zero-order valence-corrected chi connectivity index (χ0v) is 9.42. The van der Waals surface area contributed by atoms with Crippen LogP contribution in [0.5, 0.6) is 11.5 Å². The molecule has 3 nitrogen and oxygen atoms in total. The first-order valence-electron chi connectivity index (χ1n) is 5.71. The summed E-state index contributed by atoms with van der Waals surface area (Å²) >= 11 is 0. The summed E-state index contributed by atoms with van der Waals surface area (Å²) in [5, 5.41) is 1.04. The van der Waals surface area contributed by atoms with Gasteiger partial charge in [-0.1, -0.05) is 6.07 Å². The van der Waals surface area contributed by atoms with E-state index in [4.69, 9.17) is 13.9 Å². The zero-order valence-electron chi connectivity index (χ0n) is 9.42. The molecule has 0 N–H and O–H groups in total. The van der Waals surface area contributed by atoms with Crippen LogP contribution < -0.4 is 9.47 Å². The molecule has 2 heterocycles. The second-order valence-electron chi connectivity index (χ2n) is 4.16.